The van der Waals surface area contributed by atoms with E-state index in [1.807, 2.05) is 0 Å². The molecule has 1 fully saturated rings. The van der Waals surface area contributed by atoms with Crippen LogP contribution in [0.15, 0.2) is 47.4 Å². The number of hydrogen-bond acceptors (Lipinski definition) is 7. The van der Waals surface area contributed by atoms with Crippen LogP contribution in [0.2, 0.25) is 0 Å². The van der Waals surface area contributed by atoms with Gasteiger partial charge in [0.15, 0.2) is 11.1 Å². The largest absolute Gasteiger partial charge is 0.488 e. The number of nitrogens with zero attached hydrogens (tertiary/aromatic N) is 1. The van der Waals surface area contributed by atoms with Gasteiger partial charge in [0.05, 0.1) is 15.4 Å². The summed E-state index contributed by atoms with van der Waals surface area (Å²) in [5, 5.41) is 10.7. The lowest BCUT2D eigenvalue weighted by atomic mass is 10.1. The Morgan fingerprint density at radius 1 is 1.11 bits per heavy atom. The van der Waals surface area contributed by atoms with Crippen molar-refractivity contribution in [2.75, 3.05) is 0 Å². The van der Waals surface area contributed by atoms with Crippen LogP contribution in [0.4, 0.5) is 5.69 Å². The minimum absolute atomic E-state index is 0.0677. The normalized spacial score (nSPS) is 21.8. The number of rotatable bonds is 6. The number of fused-ring (bicyclic) bond motifs is 1. The van der Waals surface area contributed by atoms with Gasteiger partial charge in [-0.25, -0.2) is 9.00 Å². The number of non-ortho nitro benzene ring substituents is 1. The number of nitro benzene ring substituents is 1. The van der Waals surface area contributed by atoms with Gasteiger partial charge in [-0.1, -0.05) is 0 Å². The molecule has 9 heteroatoms. The number of benzene rings is 2. The van der Waals surface area contributed by atoms with Gasteiger partial charge < -0.3 is 9.47 Å². The summed E-state index contributed by atoms with van der Waals surface area (Å²) in [5.74, 6) is 0.279. The average Bonchev–Trinajstić information content (AvgIpc) is 3.28. The van der Waals surface area contributed by atoms with Crippen LogP contribution in [0.1, 0.15) is 35.2 Å². The van der Waals surface area contributed by atoms with Crippen LogP contribution >= 0.6 is 0 Å². The van der Waals surface area contributed by atoms with Crippen molar-refractivity contribution in [3.63, 3.8) is 0 Å². The van der Waals surface area contributed by atoms with Crippen LogP contribution in [0.25, 0.3) is 0 Å². The van der Waals surface area contributed by atoms with Gasteiger partial charge in [0.2, 0.25) is 0 Å². The Hall–Kier alpha value is -2.78. The molecule has 0 N–H and O–H groups in total. The second kappa shape index (κ2) is 7.69. The first kappa shape index (κ1) is 18.6. The van der Waals surface area contributed by atoms with E-state index in [2.05, 4.69) is 0 Å². The van der Waals surface area contributed by atoms with E-state index in [0.717, 1.165) is 18.4 Å². The molecule has 0 spiro atoms. The molecule has 0 bridgehead atoms. The van der Waals surface area contributed by atoms with E-state index in [0.29, 0.717) is 22.6 Å². The minimum atomic E-state index is -1.75. The lowest BCUT2D eigenvalue weighted by Gasteiger charge is -2.21. The maximum Gasteiger partial charge on any atom is 0.338 e. The van der Waals surface area contributed by atoms with Crippen molar-refractivity contribution in [1.29, 1.82) is 0 Å². The second-order valence-corrected chi connectivity index (χ2v) is 7.74. The topological polar surface area (TPSA) is 105 Å². The summed E-state index contributed by atoms with van der Waals surface area (Å²) >= 11 is -1.75. The molecule has 0 saturated heterocycles. The first-order valence-corrected chi connectivity index (χ1v) is 9.89. The Kier molecular flexibility index (Phi) is 5.10. The molecule has 0 aromatic heterocycles. The highest BCUT2D eigenvalue weighted by molar-refractivity contribution is 7.80. The average molecular weight is 403 g/mol. The van der Waals surface area contributed by atoms with Gasteiger partial charge in [-0.3, -0.25) is 14.3 Å². The third kappa shape index (κ3) is 3.76. The Morgan fingerprint density at radius 2 is 1.86 bits per heavy atom. The number of carbonyl (C=O) groups is 1. The highest BCUT2D eigenvalue weighted by Crippen LogP contribution is 2.31. The van der Waals surface area contributed by atoms with Crippen molar-refractivity contribution in [2.24, 2.45) is 0 Å². The first-order valence-electron chi connectivity index (χ1n) is 8.81. The zero-order valence-corrected chi connectivity index (χ0v) is 15.6. The fourth-order valence-electron chi connectivity index (χ4n) is 3.34. The van der Waals surface area contributed by atoms with Crippen LogP contribution < -0.4 is 4.74 Å². The highest BCUT2D eigenvalue weighted by atomic mass is 32.2. The lowest BCUT2D eigenvalue weighted by Crippen LogP contribution is -2.29. The van der Waals surface area contributed by atoms with Crippen LogP contribution in [-0.2, 0) is 26.6 Å². The second-order valence-electron chi connectivity index (χ2n) is 6.60. The molecule has 8 nitrogen and oxygen atoms in total. The third-order valence-corrected chi connectivity index (χ3v) is 5.86. The maximum atomic E-state index is 12.5. The van der Waals surface area contributed by atoms with Crippen LogP contribution in [0.3, 0.4) is 0 Å². The summed E-state index contributed by atoms with van der Waals surface area (Å²) in [7, 11) is 0. The number of carbonyl (C=O) groups excluding carboxylic acids is 1. The maximum absolute atomic E-state index is 12.5. The Morgan fingerprint density at radius 3 is 2.61 bits per heavy atom. The molecule has 1 aliphatic heterocycles. The van der Waals surface area contributed by atoms with E-state index >= 15 is 0 Å². The summed E-state index contributed by atoms with van der Waals surface area (Å²) in [5.41, 5.74) is 1.26. The van der Waals surface area contributed by atoms with Gasteiger partial charge in [-0.2, -0.15) is 0 Å². The summed E-state index contributed by atoms with van der Waals surface area (Å²) in [6.45, 7) is 0.236. The van der Waals surface area contributed by atoms with Gasteiger partial charge in [0, 0.05) is 17.7 Å². The number of nitro groups is 1. The van der Waals surface area contributed by atoms with E-state index < -0.39 is 16.0 Å². The minimum Gasteiger partial charge on any atom is -0.488 e. The number of hydrogen-bond donors (Lipinski definition) is 0. The van der Waals surface area contributed by atoms with Crippen LogP contribution in [0.5, 0.6) is 5.75 Å². The smallest absolute Gasteiger partial charge is 0.338 e. The van der Waals surface area contributed by atoms with Gasteiger partial charge >= 0.3 is 5.97 Å². The molecule has 3 unspecified atom stereocenters. The van der Waals surface area contributed by atoms with E-state index in [1.54, 1.807) is 18.2 Å². The molecule has 3 atom stereocenters. The van der Waals surface area contributed by atoms with Crippen LogP contribution in [-0.4, -0.2) is 27.3 Å². The van der Waals surface area contributed by atoms with Crippen LogP contribution in [0, 0.1) is 10.1 Å². The van der Waals surface area contributed by atoms with E-state index in [1.165, 1.54) is 24.3 Å². The summed E-state index contributed by atoms with van der Waals surface area (Å²) < 4.78 is 29.2. The van der Waals surface area contributed by atoms with E-state index in [9.17, 15) is 19.1 Å². The molecule has 1 aliphatic carbocycles. The van der Waals surface area contributed by atoms with Crippen molar-refractivity contribution >= 4 is 22.7 Å². The Balaban J connectivity index is 1.41. The first-order chi connectivity index (χ1) is 13.5. The summed E-state index contributed by atoms with van der Waals surface area (Å²) in [6.07, 6.45) is 1.71. The standard InChI is InChI=1S/C19H17NO7S/c21-19-16-9-6-14(10-12(16)11-25-19)26-17-2-1-3-18(17)27-28(24)15-7-4-13(5-8-15)20(22)23/h4-10,17-18H,1-3,11H2. The molecule has 4 rings (SSSR count). The zero-order valence-electron chi connectivity index (χ0n) is 14.7. The molecule has 0 amide bonds. The monoisotopic (exact) mass is 403 g/mol. The predicted molar refractivity (Wildman–Crippen MR) is 98.2 cm³/mol. The van der Waals surface area contributed by atoms with Crippen molar-refractivity contribution in [2.45, 2.75) is 43.0 Å². The molecule has 28 heavy (non-hydrogen) atoms. The molecule has 1 saturated carbocycles. The van der Waals surface area contributed by atoms with E-state index in [-0.39, 0.29) is 30.5 Å². The molecule has 1 heterocycles. The summed E-state index contributed by atoms with van der Waals surface area (Å²) in [6, 6.07) is 10.6. The van der Waals surface area contributed by atoms with Gasteiger partial charge in [0.1, 0.15) is 24.6 Å². The molecule has 2 aromatic carbocycles. The Labute approximate surface area is 163 Å². The summed E-state index contributed by atoms with van der Waals surface area (Å²) in [4.78, 5) is 22.1. The zero-order chi connectivity index (χ0) is 19.7. The highest BCUT2D eigenvalue weighted by Gasteiger charge is 2.33. The fourth-order valence-corrected chi connectivity index (χ4v) is 4.26. The molecule has 146 valence electrons. The molecule has 2 aliphatic rings. The molecule has 0 radical (unpaired) electrons. The molecule has 2 aromatic rings. The number of cyclic esters (lactones) is 1. The van der Waals surface area contributed by atoms with Crippen molar-refractivity contribution in [3.8, 4) is 5.75 Å². The van der Waals surface area contributed by atoms with Crippen molar-refractivity contribution in [3.05, 3.63) is 63.7 Å². The molecular formula is C19H17NO7S. The number of ether oxygens (including phenoxy) is 2. The predicted octanol–water partition coefficient (Wildman–Crippen LogP) is 3.30. The molecular weight excluding hydrogens is 386 g/mol. The fraction of sp³-hybridized carbons (Fsp3) is 0.316. The van der Waals surface area contributed by atoms with Gasteiger partial charge in [-0.05, 0) is 49.6 Å². The third-order valence-electron chi connectivity index (χ3n) is 4.79. The SMILES string of the molecule is O=C1OCc2cc(OC3CCCC3OS(=O)c3ccc([N+](=O)[O-])cc3)ccc21. The van der Waals surface area contributed by atoms with Gasteiger partial charge in [-0.15, -0.1) is 0 Å². The van der Waals surface area contributed by atoms with Crippen molar-refractivity contribution < 1.29 is 27.6 Å². The van der Waals surface area contributed by atoms with Gasteiger partial charge in [0.25, 0.3) is 5.69 Å². The quantitative estimate of drug-likeness (QED) is 0.414. The lowest BCUT2D eigenvalue weighted by molar-refractivity contribution is -0.384. The van der Waals surface area contributed by atoms with E-state index in [4.69, 9.17) is 13.7 Å². The Bertz CT molecular complexity index is 944. The van der Waals surface area contributed by atoms with Crippen molar-refractivity contribution in [1.82, 2.24) is 0 Å². The number of esters is 1.